The van der Waals surface area contributed by atoms with E-state index in [2.05, 4.69) is 26.1 Å². The third-order valence-electron chi connectivity index (χ3n) is 6.92. The Morgan fingerprint density at radius 2 is 1.73 bits per heavy atom. The van der Waals surface area contributed by atoms with Gasteiger partial charge in [-0.05, 0) is 32.1 Å². The van der Waals surface area contributed by atoms with Crippen LogP contribution in [0.3, 0.4) is 0 Å². The lowest BCUT2D eigenvalue weighted by molar-refractivity contribution is -0.283. The maximum absolute atomic E-state index is 13.6. The van der Waals surface area contributed by atoms with Gasteiger partial charge in [0.25, 0.3) is 0 Å². The summed E-state index contributed by atoms with van der Waals surface area (Å²) in [6.45, 7) is 11.1. The molecule has 0 aromatic heterocycles. The molecule has 1 heterocycles. The van der Waals surface area contributed by atoms with Crippen LogP contribution in [0.25, 0.3) is 0 Å². The molecular weight excluding hydrogens is 426 g/mol. The molecule has 1 rings (SSSR count). The second kappa shape index (κ2) is 14.4. The minimum absolute atomic E-state index is 0.171. The Labute approximate surface area is 199 Å². The molecule has 1 amide bonds. The molecule has 33 heavy (non-hydrogen) atoms. The number of aliphatic hydroxyl groups excluding tert-OH is 3. The Bertz CT molecular complexity index is 601. The number of hydrogen-bond donors (Lipinski definition) is 4. The standard InChI is InChI=1S/C25H47NO7/c1-7-11-13-25(6,12-8-2)23(31)17(9-3)14-18(10-4)32-24-20(26-16(5)28)22(30)21(29)19(15-27)33-24/h17-22,24,27,29-30H,7-15H2,1-6H3,(H,26,28). The molecule has 0 spiro atoms. The van der Waals surface area contributed by atoms with E-state index in [4.69, 9.17) is 9.47 Å². The van der Waals surface area contributed by atoms with E-state index >= 15 is 0 Å². The number of carbonyl (C=O) groups excluding carboxylic acids is 2. The van der Waals surface area contributed by atoms with Crippen molar-refractivity contribution in [1.82, 2.24) is 5.32 Å². The summed E-state index contributed by atoms with van der Waals surface area (Å²) in [7, 11) is 0. The van der Waals surface area contributed by atoms with E-state index in [1.54, 1.807) is 0 Å². The predicted octanol–water partition coefficient (Wildman–Crippen LogP) is 2.71. The molecular formula is C25H47NO7. The van der Waals surface area contributed by atoms with Gasteiger partial charge in [-0.2, -0.15) is 0 Å². The highest BCUT2D eigenvalue weighted by Crippen LogP contribution is 2.36. The third kappa shape index (κ3) is 8.28. The van der Waals surface area contributed by atoms with Crippen molar-refractivity contribution in [3.05, 3.63) is 0 Å². The van der Waals surface area contributed by atoms with Crippen LogP contribution in [0.15, 0.2) is 0 Å². The van der Waals surface area contributed by atoms with E-state index in [9.17, 15) is 24.9 Å². The van der Waals surface area contributed by atoms with Crippen molar-refractivity contribution in [2.45, 2.75) is 130 Å². The number of amides is 1. The highest BCUT2D eigenvalue weighted by Gasteiger charge is 2.46. The maximum atomic E-state index is 13.6. The molecule has 1 aliphatic heterocycles. The summed E-state index contributed by atoms with van der Waals surface area (Å²) in [6.07, 6.45) is 1.43. The molecule has 1 saturated heterocycles. The predicted molar refractivity (Wildman–Crippen MR) is 126 cm³/mol. The van der Waals surface area contributed by atoms with Crippen molar-refractivity contribution in [3.8, 4) is 0 Å². The number of carbonyl (C=O) groups is 2. The maximum Gasteiger partial charge on any atom is 0.217 e. The molecule has 1 fully saturated rings. The Hall–Kier alpha value is -1.06. The zero-order valence-electron chi connectivity index (χ0n) is 21.4. The van der Waals surface area contributed by atoms with Gasteiger partial charge in [0, 0.05) is 18.3 Å². The highest BCUT2D eigenvalue weighted by molar-refractivity contribution is 5.86. The average molecular weight is 474 g/mol. The van der Waals surface area contributed by atoms with Gasteiger partial charge in [0.2, 0.25) is 5.91 Å². The second-order valence-corrected chi connectivity index (χ2v) is 9.72. The summed E-state index contributed by atoms with van der Waals surface area (Å²) in [6, 6.07) is -0.986. The van der Waals surface area contributed by atoms with Gasteiger partial charge in [0.15, 0.2) is 6.29 Å². The number of rotatable bonds is 15. The number of Topliss-reactive ketones (excluding diaryl/α,β-unsaturated/α-hetero) is 1. The minimum Gasteiger partial charge on any atom is -0.394 e. The first-order chi connectivity index (χ1) is 15.6. The van der Waals surface area contributed by atoms with Crippen LogP contribution in [0, 0.1) is 11.3 Å². The number of ketones is 1. The van der Waals surface area contributed by atoms with Crippen LogP contribution in [0.5, 0.6) is 0 Å². The molecule has 0 aliphatic carbocycles. The minimum atomic E-state index is -1.36. The molecule has 8 atom stereocenters. The molecule has 1 aliphatic rings. The largest absolute Gasteiger partial charge is 0.394 e. The van der Waals surface area contributed by atoms with E-state index in [1.165, 1.54) is 6.92 Å². The Kier molecular flexibility index (Phi) is 13.0. The number of ether oxygens (including phenoxy) is 2. The highest BCUT2D eigenvalue weighted by atomic mass is 16.7. The number of aliphatic hydroxyl groups is 3. The van der Waals surface area contributed by atoms with E-state index in [1.807, 2.05) is 13.8 Å². The zero-order chi connectivity index (χ0) is 25.2. The van der Waals surface area contributed by atoms with Crippen molar-refractivity contribution in [2.24, 2.45) is 11.3 Å². The lowest BCUT2D eigenvalue weighted by Gasteiger charge is -2.43. The van der Waals surface area contributed by atoms with Gasteiger partial charge in [0.1, 0.15) is 30.1 Å². The van der Waals surface area contributed by atoms with Gasteiger partial charge >= 0.3 is 0 Å². The first kappa shape index (κ1) is 30.0. The average Bonchev–Trinajstić information content (AvgIpc) is 2.79. The van der Waals surface area contributed by atoms with E-state index in [0.29, 0.717) is 19.3 Å². The fraction of sp³-hybridized carbons (Fsp3) is 0.920. The molecule has 0 aromatic carbocycles. The SMILES string of the molecule is CCCCC(C)(CCC)C(=O)C(CC)CC(CC)OC1OC(CO)C(O)C(O)C1NC(C)=O. The molecule has 8 unspecified atom stereocenters. The Morgan fingerprint density at radius 3 is 2.21 bits per heavy atom. The van der Waals surface area contributed by atoms with Crippen LogP contribution in [0.1, 0.15) is 92.9 Å². The monoisotopic (exact) mass is 473 g/mol. The summed E-state index contributed by atoms with van der Waals surface area (Å²) < 4.78 is 11.9. The Morgan fingerprint density at radius 1 is 1.06 bits per heavy atom. The first-order valence-electron chi connectivity index (χ1n) is 12.7. The van der Waals surface area contributed by atoms with Crippen molar-refractivity contribution < 1.29 is 34.4 Å². The molecule has 194 valence electrons. The summed E-state index contributed by atoms with van der Waals surface area (Å²) >= 11 is 0. The molecule has 8 heteroatoms. The van der Waals surface area contributed by atoms with E-state index < -0.39 is 43.2 Å². The molecule has 0 saturated carbocycles. The van der Waals surface area contributed by atoms with Crippen LogP contribution in [0.2, 0.25) is 0 Å². The summed E-state index contributed by atoms with van der Waals surface area (Å²) in [5.41, 5.74) is -0.355. The van der Waals surface area contributed by atoms with Gasteiger partial charge < -0.3 is 30.1 Å². The van der Waals surface area contributed by atoms with Crippen molar-refractivity contribution in [2.75, 3.05) is 6.61 Å². The number of nitrogens with one attached hydrogen (secondary N) is 1. The molecule has 0 bridgehead atoms. The van der Waals surface area contributed by atoms with E-state index in [0.717, 1.165) is 32.1 Å². The zero-order valence-corrected chi connectivity index (χ0v) is 21.4. The quantitative estimate of drug-likeness (QED) is 0.288. The van der Waals surface area contributed by atoms with Gasteiger partial charge in [-0.15, -0.1) is 0 Å². The first-order valence-corrected chi connectivity index (χ1v) is 12.7. The van der Waals surface area contributed by atoms with Crippen molar-refractivity contribution >= 4 is 11.7 Å². The third-order valence-corrected chi connectivity index (χ3v) is 6.92. The summed E-state index contributed by atoms with van der Waals surface area (Å²) in [4.78, 5) is 25.3. The fourth-order valence-corrected chi connectivity index (χ4v) is 4.85. The smallest absolute Gasteiger partial charge is 0.217 e. The molecule has 0 radical (unpaired) electrons. The van der Waals surface area contributed by atoms with Gasteiger partial charge in [-0.3, -0.25) is 9.59 Å². The van der Waals surface area contributed by atoms with Crippen molar-refractivity contribution in [3.63, 3.8) is 0 Å². The Balaban J connectivity index is 3.02. The van der Waals surface area contributed by atoms with Crippen LogP contribution in [-0.4, -0.2) is 70.4 Å². The lowest BCUT2D eigenvalue weighted by atomic mass is 9.71. The van der Waals surface area contributed by atoms with Gasteiger partial charge in [-0.1, -0.05) is 53.9 Å². The van der Waals surface area contributed by atoms with Crippen LogP contribution in [-0.2, 0) is 19.1 Å². The van der Waals surface area contributed by atoms with Crippen LogP contribution >= 0.6 is 0 Å². The van der Waals surface area contributed by atoms with Gasteiger partial charge in [0.05, 0.1) is 12.7 Å². The molecule has 8 nitrogen and oxygen atoms in total. The van der Waals surface area contributed by atoms with Crippen LogP contribution < -0.4 is 5.32 Å². The van der Waals surface area contributed by atoms with E-state index in [-0.39, 0.29) is 23.2 Å². The fourth-order valence-electron chi connectivity index (χ4n) is 4.85. The number of unbranched alkanes of at least 4 members (excludes halogenated alkanes) is 1. The second-order valence-electron chi connectivity index (χ2n) is 9.72. The van der Waals surface area contributed by atoms with Crippen molar-refractivity contribution in [1.29, 1.82) is 0 Å². The molecule has 0 aromatic rings. The lowest BCUT2D eigenvalue weighted by Crippen LogP contribution is -2.65. The molecule has 4 N–H and O–H groups in total. The van der Waals surface area contributed by atoms with Gasteiger partial charge in [-0.25, -0.2) is 0 Å². The topological polar surface area (TPSA) is 125 Å². The summed E-state index contributed by atoms with van der Waals surface area (Å²) in [5, 5.41) is 32.9. The summed E-state index contributed by atoms with van der Waals surface area (Å²) in [5.74, 6) is -0.295. The van der Waals surface area contributed by atoms with Crippen LogP contribution in [0.4, 0.5) is 0 Å². The normalized spacial score (nSPS) is 29.2. The number of hydrogen-bond acceptors (Lipinski definition) is 7.